The smallest absolute Gasteiger partial charge is 0.225 e. The van der Waals surface area contributed by atoms with E-state index in [0.29, 0.717) is 16.9 Å². The molecule has 0 radical (unpaired) electrons. The molecule has 0 aliphatic carbocycles. The summed E-state index contributed by atoms with van der Waals surface area (Å²) in [5.41, 5.74) is 0. The van der Waals surface area contributed by atoms with E-state index in [1.165, 1.54) is 0 Å². The Bertz CT molecular complexity index is 346. The molecule has 0 N–H and O–H groups in total. The second-order valence-corrected chi connectivity index (χ2v) is 4.57. The van der Waals surface area contributed by atoms with Gasteiger partial charge in [0.05, 0.1) is 35.5 Å². The minimum atomic E-state index is 0.0321. The fourth-order valence-corrected chi connectivity index (χ4v) is 2.03. The quantitative estimate of drug-likeness (QED) is 0.764. The van der Waals surface area contributed by atoms with Crippen molar-refractivity contribution >= 4 is 29.2 Å². The van der Waals surface area contributed by atoms with Crippen LogP contribution < -0.4 is 4.90 Å². The minimum absolute atomic E-state index is 0.0321. The van der Waals surface area contributed by atoms with E-state index in [0.717, 1.165) is 13.1 Å². The third-order valence-electron chi connectivity index (χ3n) is 2.39. The summed E-state index contributed by atoms with van der Waals surface area (Å²) in [7, 11) is 0. The van der Waals surface area contributed by atoms with Crippen molar-refractivity contribution < 1.29 is 4.74 Å². The number of hydrogen-bond donors (Lipinski definition) is 0. The summed E-state index contributed by atoms with van der Waals surface area (Å²) in [6, 6.07) is 0. The van der Waals surface area contributed by atoms with Crippen molar-refractivity contribution in [2.75, 3.05) is 23.9 Å². The lowest BCUT2D eigenvalue weighted by Gasteiger charge is -2.35. The minimum Gasteiger partial charge on any atom is -0.370 e. The van der Waals surface area contributed by atoms with Crippen molar-refractivity contribution in [2.45, 2.75) is 19.1 Å². The third kappa shape index (κ3) is 2.75. The van der Waals surface area contributed by atoms with E-state index in [2.05, 4.69) is 14.9 Å². The van der Waals surface area contributed by atoms with Gasteiger partial charge in [-0.15, -0.1) is 11.6 Å². The predicted octanol–water partition coefficient (Wildman–Crippen LogP) is 1.96. The number of nitrogens with zero attached hydrogens (tertiary/aromatic N) is 3. The van der Waals surface area contributed by atoms with Crippen LogP contribution in [0.25, 0.3) is 0 Å². The van der Waals surface area contributed by atoms with Crippen LogP contribution in [0.15, 0.2) is 12.4 Å². The molecule has 1 aromatic heterocycles. The van der Waals surface area contributed by atoms with Crippen LogP contribution in [0.4, 0.5) is 5.95 Å². The molecular formula is C10H13Cl2N3O. The first kappa shape index (κ1) is 11.9. The average molecular weight is 262 g/mol. The van der Waals surface area contributed by atoms with Gasteiger partial charge in [-0.25, -0.2) is 9.97 Å². The maximum atomic E-state index is 5.81. The molecule has 16 heavy (non-hydrogen) atoms. The summed E-state index contributed by atoms with van der Waals surface area (Å²) in [5, 5.41) is 0.541. The number of aromatic nitrogens is 2. The number of anilines is 1. The van der Waals surface area contributed by atoms with E-state index in [-0.39, 0.29) is 12.2 Å². The summed E-state index contributed by atoms with van der Waals surface area (Å²) in [5.74, 6) is 1.16. The summed E-state index contributed by atoms with van der Waals surface area (Å²) in [6.07, 6.45) is 3.36. The van der Waals surface area contributed by atoms with Crippen LogP contribution >= 0.6 is 23.2 Å². The van der Waals surface area contributed by atoms with Gasteiger partial charge in [0.15, 0.2) is 0 Å². The van der Waals surface area contributed by atoms with Crippen LogP contribution in [0, 0.1) is 0 Å². The summed E-state index contributed by atoms with van der Waals surface area (Å²) < 4.78 is 5.66. The lowest BCUT2D eigenvalue weighted by atomic mass is 10.2. The SMILES string of the molecule is CC1CN(c2ncc(Cl)cn2)CC(CCl)O1. The van der Waals surface area contributed by atoms with Gasteiger partial charge in [0.1, 0.15) is 0 Å². The molecule has 1 fully saturated rings. The summed E-state index contributed by atoms with van der Waals surface area (Å²) in [4.78, 5) is 10.4. The van der Waals surface area contributed by atoms with Gasteiger partial charge in [0.2, 0.25) is 5.95 Å². The highest BCUT2D eigenvalue weighted by molar-refractivity contribution is 6.30. The Morgan fingerprint density at radius 2 is 2.12 bits per heavy atom. The highest BCUT2D eigenvalue weighted by Gasteiger charge is 2.26. The zero-order valence-electron chi connectivity index (χ0n) is 8.94. The van der Waals surface area contributed by atoms with Crippen LogP contribution in [-0.2, 0) is 4.74 Å². The normalized spacial score (nSPS) is 25.8. The monoisotopic (exact) mass is 261 g/mol. The van der Waals surface area contributed by atoms with E-state index in [9.17, 15) is 0 Å². The molecule has 0 aromatic carbocycles. The van der Waals surface area contributed by atoms with Crippen molar-refractivity contribution in [3.8, 4) is 0 Å². The van der Waals surface area contributed by atoms with Crippen molar-refractivity contribution in [1.82, 2.24) is 9.97 Å². The average Bonchev–Trinajstić information content (AvgIpc) is 2.29. The Labute approximate surface area is 105 Å². The molecule has 1 aliphatic rings. The van der Waals surface area contributed by atoms with Gasteiger partial charge in [-0.1, -0.05) is 11.6 Å². The van der Waals surface area contributed by atoms with E-state index >= 15 is 0 Å². The Balaban J connectivity index is 2.11. The van der Waals surface area contributed by atoms with Gasteiger partial charge in [-0.05, 0) is 6.92 Å². The van der Waals surface area contributed by atoms with E-state index in [1.807, 2.05) is 6.92 Å². The van der Waals surface area contributed by atoms with Gasteiger partial charge in [0, 0.05) is 13.1 Å². The second kappa shape index (κ2) is 5.17. The molecule has 0 spiro atoms. The van der Waals surface area contributed by atoms with Crippen LogP contribution in [-0.4, -0.2) is 41.1 Å². The maximum Gasteiger partial charge on any atom is 0.225 e. The van der Waals surface area contributed by atoms with E-state index in [1.54, 1.807) is 12.4 Å². The van der Waals surface area contributed by atoms with Gasteiger partial charge < -0.3 is 9.64 Å². The van der Waals surface area contributed by atoms with Crippen molar-refractivity contribution in [1.29, 1.82) is 0 Å². The number of alkyl halides is 1. The predicted molar refractivity (Wildman–Crippen MR) is 64.3 cm³/mol. The molecule has 1 saturated heterocycles. The number of rotatable bonds is 2. The zero-order chi connectivity index (χ0) is 11.5. The van der Waals surface area contributed by atoms with Gasteiger partial charge in [-0.3, -0.25) is 0 Å². The molecule has 2 heterocycles. The molecule has 1 aliphatic heterocycles. The molecule has 1 aromatic rings. The molecule has 2 atom stereocenters. The van der Waals surface area contributed by atoms with E-state index < -0.39 is 0 Å². The lowest BCUT2D eigenvalue weighted by molar-refractivity contribution is -0.00383. The first-order chi connectivity index (χ1) is 7.69. The van der Waals surface area contributed by atoms with Crippen LogP contribution in [0.1, 0.15) is 6.92 Å². The topological polar surface area (TPSA) is 38.2 Å². The first-order valence-electron chi connectivity index (χ1n) is 5.13. The van der Waals surface area contributed by atoms with Crippen LogP contribution in [0.3, 0.4) is 0 Å². The number of ether oxygens (including phenoxy) is 1. The molecule has 88 valence electrons. The van der Waals surface area contributed by atoms with Gasteiger partial charge >= 0.3 is 0 Å². The lowest BCUT2D eigenvalue weighted by Crippen LogP contribution is -2.48. The molecule has 6 heteroatoms. The Morgan fingerprint density at radius 3 is 2.75 bits per heavy atom. The molecular weight excluding hydrogens is 249 g/mol. The van der Waals surface area contributed by atoms with Crippen molar-refractivity contribution in [3.63, 3.8) is 0 Å². The Kier molecular flexibility index (Phi) is 3.84. The second-order valence-electron chi connectivity index (χ2n) is 3.83. The molecule has 4 nitrogen and oxygen atoms in total. The van der Waals surface area contributed by atoms with Gasteiger partial charge in [0.25, 0.3) is 0 Å². The highest BCUT2D eigenvalue weighted by atomic mass is 35.5. The van der Waals surface area contributed by atoms with E-state index in [4.69, 9.17) is 27.9 Å². The largest absolute Gasteiger partial charge is 0.370 e. The molecule has 0 saturated carbocycles. The fraction of sp³-hybridized carbons (Fsp3) is 0.600. The number of morpholine rings is 1. The Morgan fingerprint density at radius 1 is 1.44 bits per heavy atom. The Hall–Kier alpha value is -0.580. The fourth-order valence-electron chi connectivity index (χ4n) is 1.76. The standard InChI is InChI=1S/C10H13Cl2N3O/c1-7-5-15(6-9(2-11)16-7)10-13-3-8(12)4-14-10/h3-4,7,9H,2,5-6H2,1H3. The summed E-state index contributed by atoms with van der Waals surface area (Å²) >= 11 is 11.6. The van der Waals surface area contributed by atoms with Crippen molar-refractivity contribution in [2.24, 2.45) is 0 Å². The van der Waals surface area contributed by atoms with Crippen LogP contribution in [0.2, 0.25) is 5.02 Å². The van der Waals surface area contributed by atoms with Gasteiger partial charge in [-0.2, -0.15) is 0 Å². The number of hydrogen-bond acceptors (Lipinski definition) is 4. The molecule has 0 bridgehead atoms. The molecule has 2 unspecified atom stereocenters. The number of halogens is 2. The third-order valence-corrected chi connectivity index (χ3v) is 2.93. The van der Waals surface area contributed by atoms with Crippen LogP contribution in [0.5, 0.6) is 0 Å². The highest BCUT2D eigenvalue weighted by Crippen LogP contribution is 2.17. The zero-order valence-corrected chi connectivity index (χ0v) is 10.4. The summed E-state index contributed by atoms with van der Waals surface area (Å²) in [6.45, 7) is 3.51. The molecule has 0 amide bonds. The first-order valence-corrected chi connectivity index (χ1v) is 6.04. The maximum absolute atomic E-state index is 5.81. The molecule has 2 rings (SSSR count). The van der Waals surface area contributed by atoms with Crippen molar-refractivity contribution in [3.05, 3.63) is 17.4 Å².